The highest BCUT2D eigenvalue weighted by Gasteiger charge is 2.31. The molecule has 0 saturated carbocycles. The predicted octanol–water partition coefficient (Wildman–Crippen LogP) is 1.09. The van der Waals surface area contributed by atoms with Crippen molar-refractivity contribution in [1.82, 2.24) is 0 Å². The summed E-state index contributed by atoms with van der Waals surface area (Å²) in [6.45, 7) is 0. The van der Waals surface area contributed by atoms with Gasteiger partial charge in [0.05, 0.1) is 6.10 Å². The van der Waals surface area contributed by atoms with Gasteiger partial charge in [0.25, 0.3) is 0 Å². The van der Waals surface area contributed by atoms with Gasteiger partial charge in [-0.3, -0.25) is 0 Å². The first-order valence-corrected chi connectivity index (χ1v) is 5.31. The maximum atomic E-state index is 9.29. The second-order valence-corrected chi connectivity index (χ2v) is 3.98. The SMILES string of the molecule is OC1O[C@@H](CCc2ccccc2)C[C@H]1O. The zero-order chi connectivity index (χ0) is 10.7. The monoisotopic (exact) mass is 208 g/mol. The average molecular weight is 208 g/mol. The number of hydrogen-bond acceptors (Lipinski definition) is 3. The molecular formula is C12H16O3. The molecule has 1 unspecified atom stereocenters. The lowest BCUT2D eigenvalue weighted by atomic mass is 10.0. The number of ether oxygens (including phenoxy) is 1. The fourth-order valence-corrected chi connectivity index (χ4v) is 1.89. The van der Waals surface area contributed by atoms with E-state index >= 15 is 0 Å². The number of aryl methyl sites for hydroxylation is 1. The molecular weight excluding hydrogens is 192 g/mol. The van der Waals surface area contributed by atoms with E-state index < -0.39 is 12.4 Å². The Morgan fingerprint density at radius 3 is 2.53 bits per heavy atom. The third-order valence-corrected chi connectivity index (χ3v) is 2.76. The van der Waals surface area contributed by atoms with E-state index in [9.17, 15) is 10.2 Å². The van der Waals surface area contributed by atoms with Crippen LogP contribution in [-0.4, -0.2) is 28.7 Å². The van der Waals surface area contributed by atoms with Crippen molar-refractivity contribution in [3.63, 3.8) is 0 Å². The van der Waals surface area contributed by atoms with Crippen molar-refractivity contribution in [2.75, 3.05) is 0 Å². The molecule has 3 nitrogen and oxygen atoms in total. The highest BCUT2D eigenvalue weighted by molar-refractivity contribution is 5.14. The molecule has 1 fully saturated rings. The summed E-state index contributed by atoms with van der Waals surface area (Å²) in [5.41, 5.74) is 1.26. The number of aliphatic hydroxyl groups excluding tert-OH is 2. The van der Waals surface area contributed by atoms with E-state index in [-0.39, 0.29) is 6.10 Å². The van der Waals surface area contributed by atoms with Gasteiger partial charge in [0.2, 0.25) is 0 Å². The standard InChI is InChI=1S/C12H16O3/c13-11-8-10(15-12(11)14)7-6-9-4-2-1-3-5-9/h1-5,10-14H,6-8H2/t10-,11+,12?/m0/s1. The fourth-order valence-electron chi connectivity index (χ4n) is 1.89. The Labute approximate surface area is 89.3 Å². The third kappa shape index (κ3) is 2.78. The van der Waals surface area contributed by atoms with Crippen LogP contribution >= 0.6 is 0 Å². The van der Waals surface area contributed by atoms with Crippen molar-refractivity contribution >= 4 is 0 Å². The molecule has 0 aromatic heterocycles. The first-order valence-electron chi connectivity index (χ1n) is 5.31. The zero-order valence-electron chi connectivity index (χ0n) is 8.54. The van der Waals surface area contributed by atoms with Crippen LogP contribution in [-0.2, 0) is 11.2 Å². The summed E-state index contributed by atoms with van der Waals surface area (Å²) in [7, 11) is 0. The van der Waals surface area contributed by atoms with Crippen LogP contribution in [0.25, 0.3) is 0 Å². The maximum Gasteiger partial charge on any atom is 0.181 e. The molecule has 2 rings (SSSR count). The number of rotatable bonds is 3. The Hall–Kier alpha value is -0.900. The van der Waals surface area contributed by atoms with Gasteiger partial charge in [0.1, 0.15) is 6.10 Å². The molecule has 1 heterocycles. The van der Waals surface area contributed by atoms with Crippen molar-refractivity contribution in [2.24, 2.45) is 0 Å². The Morgan fingerprint density at radius 1 is 1.20 bits per heavy atom. The lowest BCUT2D eigenvalue weighted by Gasteiger charge is -2.09. The van der Waals surface area contributed by atoms with E-state index in [1.165, 1.54) is 5.56 Å². The molecule has 15 heavy (non-hydrogen) atoms. The number of aliphatic hydroxyl groups is 2. The minimum absolute atomic E-state index is 0.0183. The Balaban J connectivity index is 1.80. The fraction of sp³-hybridized carbons (Fsp3) is 0.500. The van der Waals surface area contributed by atoms with Gasteiger partial charge in [-0.15, -0.1) is 0 Å². The van der Waals surface area contributed by atoms with E-state index in [2.05, 4.69) is 12.1 Å². The summed E-state index contributed by atoms with van der Waals surface area (Å²) >= 11 is 0. The van der Waals surface area contributed by atoms with Crippen LogP contribution in [0.4, 0.5) is 0 Å². The molecule has 0 spiro atoms. The van der Waals surface area contributed by atoms with Crippen LogP contribution in [0.1, 0.15) is 18.4 Å². The van der Waals surface area contributed by atoms with Gasteiger partial charge in [-0.25, -0.2) is 0 Å². The summed E-state index contributed by atoms with van der Waals surface area (Å²) in [6.07, 6.45) is 0.573. The van der Waals surface area contributed by atoms with Gasteiger partial charge in [-0.05, 0) is 18.4 Å². The Kier molecular flexibility index (Phi) is 3.36. The molecule has 3 atom stereocenters. The predicted molar refractivity (Wildman–Crippen MR) is 56.3 cm³/mol. The minimum Gasteiger partial charge on any atom is -0.388 e. The van der Waals surface area contributed by atoms with Crippen molar-refractivity contribution < 1.29 is 14.9 Å². The topological polar surface area (TPSA) is 49.7 Å². The highest BCUT2D eigenvalue weighted by atomic mass is 16.6. The quantitative estimate of drug-likeness (QED) is 0.781. The van der Waals surface area contributed by atoms with Crippen molar-refractivity contribution in [1.29, 1.82) is 0 Å². The van der Waals surface area contributed by atoms with Gasteiger partial charge in [-0.1, -0.05) is 30.3 Å². The van der Waals surface area contributed by atoms with Gasteiger partial charge in [0, 0.05) is 6.42 Å². The van der Waals surface area contributed by atoms with E-state index in [4.69, 9.17) is 4.74 Å². The molecule has 0 bridgehead atoms. The molecule has 2 N–H and O–H groups in total. The molecule has 3 heteroatoms. The van der Waals surface area contributed by atoms with Gasteiger partial charge in [0.15, 0.2) is 6.29 Å². The highest BCUT2D eigenvalue weighted by Crippen LogP contribution is 2.22. The lowest BCUT2D eigenvalue weighted by molar-refractivity contribution is -0.127. The van der Waals surface area contributed by atoms with Crippen LogP contribution in [0.2, 0.25) is 0 Å². The summed E-state index contributed by atoms with van der Waals surface area (Å²) in [5.74, 6) is 0. The van der Waals surface area contributed by atoms with Crippen molar-refractivity contribution in [3.05, 3.63) is 35.9 Å². The Bertz CT molecular complexity index is 289. The first kappa shape index (κ1) is 10.6. The van der Waals surface area contributed by atoms with Crippen LogP contribution in [0.15, 0.2) is 30.3 Å². The smallest absolute Gasteiger partial charge is 0.181 e. The second-order valence-electron chi connectivity index (χ2n) is 3.98. The number of hydrogen-bond donors (Lipinski definition) is 2. The van der Waals surface area contributed by atoms with Crippen LogP contribution in [0.3, 0.4) is 0 Å². The molecule has 0 amide bonds. The van der Waals surface area contributed by atoms with Crippen molar-refractivity contribution in [2.45, 2.75) is 37.8 Å². The molecule has 1 aromatic carbocycles. The molecule has 1 aliphatic heterocycles. The number of benzene rings is 1. The van der Waals surface area contributed by atoms with Gasteiger partial charge >= 0.3 is 0 Å². The minimum atomic E-state index is -0.995. The average Bonchev–Trinajstić information content (AvgIpc) is 2.57. The molecule has 0 radical (unpaired) electrons. The Morgan fingerprint density at radius 2 is 1.93 bits per heavy atom. The van der Waals surface area contributed by atoms with Crippen molar-refractivity contribution in [3.8, 4) is 0 Å². The molecule has 1 aromatic rings. The second kappa shape index (κ2) is 4.75. The third-order valence-electron chi connectivity index (χ3n) is 2.76. The van der Waals surface area contributed by atoms with Crippen LogP contribution < -0.4 is 0 Å². The first-order chi connectivity index (χ1) is 7.25. The van der Waals surface area contributed by atoms with E-state index in [1.54, 1.807) is 0 Å². The maximum absolute atomic E-state index is 9.29. The van der Waals surface area contributed by atoms with E-state index in [0.717, 1.165) is 12.8 Å². The van der Waals surface area contributed by atoms with E-state index in [1.807, 2.05) is 18.2 Å². The molecule has 1 aliphatic rings. The summed E-state index contributed by atoms with van der Waals surface area (Å²) in [6, 6.07) is 10.1. The molecule has 0 aliphatic carbocycles. The summed E-state index contributed by atoms with van der Waals surface area (Å²) in [5, 5.41) is 18.5. The largest absolute Gasteiger partial charge is 0.388 e. The molecule has 1 saturated heterocycles. The van der Waals surface area contributed by atoms with Crippen LogP contribution in [0, 0.1) is 0 Å². The summed E-state index contributed by atoms with van der Waals surface area (Å²) < 4.78 is 5.20. The zero-order valence-corrected chi connectivity index (χ0v) is 8.54. The normalized spacial score (nSPS) is 30.7. The summed E-state index contributed by atoms with van der Waals surface area (Å²) in [4.78, 5) is 0. The van der Waals surface area contributed by atoms with Gasteiger partial charge < -0.3 is 14.9 Å². The van der Waals surface area contributed by atoms with E-state index in [0.29, 0.717) is 6.42 Å². The van der Waals surface area contributed by atoms with Gasteiger partial charge in [-0.2, -0.15) is 0 Å². The lowest BCUT2D eigenvalue weighted by Crippen LogP contribution is -2.19. The molecule has 82 valence electrons. The van der Waals surface area contributed by atoms with Crippen LogP contribution in [0.5, 0.6) is 0 Å².